The molecule has 1 unspecified atom stereocenters. The topological polar surface area (TPSA) is 29.3 Å². The summed E-state index contributed by atoms with van der Waals surface area (Å²) in [5.74, 6) is 0.778. The molecule has 2 N–H and O–H groups in total. The van der Waals surface area contributed by atoms with Crippen LogP contribution in [0.5, 0.6) is 0 Å². The Labute approximate surface area is 82.5 Å². The van der Waals surface area contributed by atoms with Crippen LogP contribution in [0.3, 0.4) is 0 Å². The molecule has 1 fully saturated rings. The summed E-state index contributed by atoms with van der Waals surface area (Å²) < 4.78 is 0. The van der Waals surface area contributed by atoms with Gasteiger partial charge in [-0.1, -0.05) is 6.92 Å². The highest BCUT2D eigenvalue weighted by atomic mass is 15.1. The van der Waals surface area contributed by atoms with E-state index in [9.17, 15) is 0 Å². The summed E-state index contributed by atoms with van der Waals surface area (Å²) in [4.78, 5) is 2.55. The zero-order valence-corrected chi connectivity index (χ0v) is 9.29. The van der Waals surface area contributed by atoms with Crippen LogP contribution >= 0.6 is 0 Å². The fourth-order valence-electron chi connectivity index (χ4n) is 2.20. The van der Waals surface area contributed by atoms with Crippen LogP contribution in [-0.4, -0.2) is 30.1 Å². The van der Waals surface area contributed by atoms with Crippen molar-refractivity contribution in [2.45, 2.75) is 52.1 Å². The minimum atomic E-state index is 0.439. The highest BCUT2D eigenvalue weighted by Gasteiger charge is 2.23. The predicted molar refractivity (Wildman–Crippen MR) is 57.7 cm³/mol. The molecule has 0 bridgehead atoms. The van der Waals surface area contributed by atoms with Crippen LogP contribution in [0.1, 0.15) is 40.0 Å². The second-order valence-electron chi connectivity index (χ2n) is 4.54. The number of rotatable bonds is 3. The lowest BCUT2D eigenvalue weighted by Crippen LogP contribution is -2.43. The van der Waals surface area contributed by atoms with E-state index in [-0.39, 0.29) is 0 Å². The molecule has 2 nitrogen and oxygen atoms in total. The van der Waals surface area contributed by atoms with Crippen molar-refractivity contribution in [1.29, 1.82) is 0 Å². The minimum absolute atomic E-state index is 0.439. The van der Waals surface area contributed by atoms with Crippen molar-refractivity contribution in [1.82, 2.24) is 4.90 Å². The third-order valence-corrected chi connectivity index (χ3v) is 3.38. The maximum absolute atomic E-state index is 6.05. The Morgan fingerprint density at radius 3 is 2.23 bits per heavy atom. The number of likely N-dealkylation sites (tertiary alicyclic amines) is 1. The van der Waals surface area contributed by atoms with Crippen LogP contribution < -0.4 is 5.73 Å². The molecule has 0 saturated carbocycles. The third kappa shape index (κ3) is 2.96. The number of hydrogen-bond donors (Lipinski definition) is 1. The van der Waals surface area contributed by atoms with Gasteiger partial charge in [0.15, 0.2) is 0 Å². The molecule has 0 radical (unpaired) electrons. The van der Waals surface area contributed by atoms with Crippen LogP contribution in [0, 0.1) is 5.92 Å². The van der Waals surface area contributed by atoms with Crippen molar-refractivity contribution in [2.24, 2.45) is 11.7 Å². The molecule has 1 heterocycles. The molecular formula is C11H24N2. The fourth-order valence-corrected chi connectivity index (χ4v) is 2.20. The van der Waals surface area contributed by atoms with Gasteiger partial charge in [-0.05, 0) is 52.1 Å². The van der Waals surface area contributed by atoms with Crippen LogP contribution in [0.15, 0.2) is 0 Å². The minimum Gasteiger partial charge on any atom is -0.327 e. The first-order valence-corrected chi connectivity index (χ1v) is 5.64. The number of piperidine rings is 1. The van der Waals surface area contributed by atoms with Crippen molar-refractivity contribution < 1.29 is 0 Å². The van der Waals surface area contributed by atoms with Crippen molar-refractivity contribution in [3.05, 3.63) is 0 Å². The van der Waals surface area contributed by atoms with Crippen LogP contribution in [0.25, 0.3) is 0 Å². The predicted octanol–water partition coefficient (Wildman–Crippen LogP) is 1.84. The Balaban J connectivity index is 2.30. The van der Waals surface area contributed by atoms with Crippen molar-refractivity contribution in [3.8, 4) is 0 Å². The Kier molecular flexibility index (Phi) is 4.20. The quantitative estimate of drug-likeness (QED) is 0.725. The van der Waals surface area contributed by atoms with E-state index in [1.165, 1.54) is 25.9 Å². The normalized spacial score (nSPS) is 23.8. The van der Waals surface area contributed by atoms with E-state index >= 15 is 0 Å². The maximum Gasteiger partial charge on any atom is 0.00654 e. The summed E-state index contributed by atoms with van der Waals surface area (Å²) in [6.45, 7) is 9.24. The highest BCUT2D eigenvalue weighted by Crippen LogP contribution is 2.22. The first-order valence-electron chi connectivity index (χ1n) is 5.64. The van der Waals surface area contributed by atoms with E-state index in [4.69, 9.17) is 5.73 Å². The average molecular weight is 184 g/mol. The van der Waals surface area contributed by atoms with Crippen molar-refractivity contribution in [2.75, 3.05) is 13.1 Å². The molecule has 0 aliphatic carbocycles. The molecule has 1 saturated heterocycles. The number of hydrogen-bond acceptors (Lipinski definition) is 2. The van der Waals surface area contributed by atoms with Gasteiger partial charge in [-0.15, -0.1) is 0 Å². The second kappa shape index (κ2) is 4.97. The largest absolute Gasteiger partial charge is 0.327 e. The molecule has 0 aromatic heterocycles. The first kappa shape index (κ1) is 11.0. The van der Waals surface area contributed by atoms with Gasteiger partial charge in [0.25, 0.3) is 0 Å². The second-order valence-corrected chi connectivity index (χ2v) is 4.54. The maximum atomic E-state index is 6.05. The van der Waals surface area contributed by atoms with Gasteiger partial charge in [-0.25, -0.2) is 0 Å². The Morgan fingerprint density at radius 2 is 1.85 bits per heavy atom. The van der Waals surface area contributed by atoms with Crippen LogP contribution in [0.4, 0.5) is 0 Å². The molecule has 0 spiro atoms. The Morgan fingerprint density at radius 1 is 1.31 bits per heavy atom. The average Bonchev–Trinajstić information content (AvgIpc) is 2.17. The summed E-state index contributed by atoms with van der Waals surface area (Å²) in [6, 6.07) is 1.15. The highest BCUT2D eigenvalue weighted by molar-refractivity contribution is 4.80. The van der Waals surface area contributed by atoms with Gasteiger partial charge in [0.05, 0.1) is 0 Å². The van der Waals surface area contributed by atoms with Gasteiger partial charge in [-0.2, -0.15) is 0 Å². The standard InChI is InChI=1S/C11H24N2/c1-4-11(12)10-5-7-13(8-6-10)9(2)3/h9-11H,4-8,12H2,1-3H3. The molecule has 1 rings (SSSR count). The van der Waals surface area contributed by atoms with E-state index < -0.39 is 0 Å². The SMILES string of the molecule is CCC(N)C1CCN(C(C)C)CC1. The van der Waals surface area contributed by atoms with Crippen molar-refractivity contribution in [3.63, 3.8) is 0 Å². The Hall–Kier alpha value is -0.0800. The van der Waals surface area contributed by atoms with Crippen LogP contribution in [-0.2, 0) is 0 Å². The lowest BCUT2D eigenvalue weighted by atomic mass is 9.88. The Bertz CT molecular complexity index is 137. The first-order chi connectivity index (χ1) is 6.15. The number of nitrogens with zero attached hydrogens (tertiary/aromatic N) is 1. The lowest BCUT2D eigenvalue weighted by Gasteiger charge is -2.36. The third-order valence-electron chi connectivity index (χ3n) is 3.38. The summed E-state index contributed by atoms with van der Waals surface area (Å²) >= 11 is 0. The molecule has 1 aliphatic heterocycles. The van der Waals surface area contributed by atoms with Gasteiger partial charge in [0.2, 0.25) is 0 Å². The molecule has 2 heteroatoms. The van der Waals surface area contributed by atoms with Gasteiger partial charge in [0.1, 0.15) is 0 Å². The summed E-state index contributed by atoms with van der Waals surface area (Å²) in [6.07, 6.45) is 3.73. The molecule has 1 atom stereocenters. The zero-order chi connectivity index (χ0) is 9.84. The molecular weight excluding hydrogens is 160 g/mol. The van der Waals surface area contributed by atoms with Crippen LogP contribution in [0.2, 0.25) is 0 Å². The molecule has 0 amide bonds. The van der Waals surface area contributed by atoms with Gasteiger partial charge in [0, 0.05) is 12.1 Å². The summed E-state index contributed by atoms with van der Waals surface area (Å²) in [5, 5.41) is 0. The molecule has 1 aliphatic rings. The van der Waals surface area contributed by atoms with E-state index in [2.05, 4.69) is 25.7 Å². The van der Waals surface area contributed by atoms with Crippen molar-refractivity contribution >= 4 is 0 Å². The van der Waals surface area contributed by atoms with Gasteiger partial charge >= 0.3 is 0 Å². The van der Waals surface area contributed by atoms with E-state index in [1.807, 2.05) is 0 Å². The summed E-state index contributed by atoms with van der Waals surface area (Å²) in [5.41, 5.74) is 6.05. The smallest absolute Gasteiger partial charge is 0.00654 e. The summed E-state index contributed by atoms with van der Waals surface area (Å²) in [7, 11) is 0. The molecule has 0 aromatic carbocycles. The van der Waals surface area contributed by atoms with E-state index in [0.717, 1.165) is 12.3 Å². The molecule has 78 valence electrons. The van der Waals surface area contributed by atoms with Gasteiger partial charge in [-0.3, -0.25) is 0 Å². The zero-order valence-electron chi connectivity index (χ0n) is 9.29. The molecule has 13 heavy (non-hydrogen) atoms. The lowest BCUT2D eigenvalue weighted by molar-refractivity contribution is 0.137. The van der Waals surface area contributed by atoms with E-state index in [1.54, 1.807) is 0 Å². The fraction of sp³-hybridized carbons (Fsp3) is 1.00. The monoisotopic (exact) mass is 184 g/mol. The van der Waals surface area contributed by atoms with E-state index in [0.29, 0.717) is 12.1 Å². The van der Waals surface area contributed by atoms with Gasteiger partial charge < -0.3 is 10.6 Å². The molecule has 0 aromatic rings. The number of nitrogens with two attached hydrogens (primary N) is 1.